The van der Waals surface area contributed by atoms with Crippen molar-refractivity contribution in [1.82, 2.24) is 10.2 Å². The van der Waals surface area contributed by atoms with E-state index < -0.39 is 10.0 Å². The second-order valence-corrected chi connectivity index (χ2v) is 10.3. The summed E-state index contributed by atoms with van der Waals surface area (Å²) in [4.78, 5) is 2.33. The van der Waals surface area contributed by atoms with Crippen LogP contribution in [-0.2, 0) is 16.6 Å². The number of likely N-dealkylation sites (tertiary alicyclic amines) is 1. The van der Waals surface area contributed by atoms with E-state index in [9.17, 15) is 8.42 Å². The third-order valence-corrected chi connectivity index (χ3v) is 6.76. The highest BCUT2D eigenvalue weighted by Crippen LogP contribution is 2.21. The van der Waals surface area contributed by atoms with E-state index in [4.69, 9.17) is 17.0 Å². The van der Waals surface area contributed by atoms with Gasteiger partial charge in [-0.15, -0.1) is 0 Å². The van der Waals surface area contributed by atoms with Crippen LogP contribution in [0.1, 0.15) is 18.4 Å². The number of nitrogens with zero attached hydrogens (tertiary/aromatic N) is 2. The number of hydrogen-bond acceptors (Lipinski definition) is 5. The maximum atomic E-state index is 11.7. The first kappa shape index (κ1) is 23.3. The highest BCUT2D eigenvalue weighted by Gasteiger charge is 2.18. The van der Waals surface area contributed by atoms with Crippen LogP contribution in [0.25, 0.3) is 0 Å². The zero-order valence-electron chi connectivity index (χ0n) is 18.2. The summed E-state index contributed by atoms with van der Waals surface area (Å²) in [6, 6.07) is 15.1. The van der Waals surface area contributed by atoms with E-state index in [0.29, 0.717) is 23.0 Å². The van der Waals surface area contributed by atoms with Gasteiger partial charge in [-0.2, -0.15) is 0 Å². The van der Waals surface area contributed by atoms with Crippen molar-refractivity contribution >= 4 is 38.7 Å². The van der Waals surface area contributed by atoms with Crippen molar-refractivity contribution in [3.8, 4) is 5.75 Å². The Balaban J connectivity index is 1.48. The lowest BCUT2D eigenvalue weighted by Crippen LogP contribution is -2.35. The number of anilines is 2. The first-order valence-corrected chi connectivity index (χ1v) is 12.5. The molecule has 3 rings (SSSR count). The summed E-state index contributed by atoms with van der Waals surface area (Å²) in [5.74, 6) is 0.894. The molecule has 0 amide bonds. The fourth-order valence-electron chi connectivity index (χ4n) is 3.31. The zero-order chi connectivity index (χ0) is 22.4. The highest BCUT2D eigenvalue weighted by atomic mass is 32.2. The molecule has 2 N–H and O–H groups in total. The average Bonchev–Trinajstić information content (AvgIpc) is 2.74. The summed E-state index contributed by atoms with van der Waals surface area (Å²) in [7, 11) is 0.342. The molecule has 2 aromatic carbocycles. The second-order valence-electron chi connectivity index (χ2n) is 7.85. The Morgan fingerprint density at radius 2 is 1.87 bits per heavy atom. The Kier molecular flexibility index (Phi) is 7.74. The third-order valence-electron chi connectivity index (χ3n) is 5.31. The van der Waals surface area contributed by atoms with Crippen molar-refractivity contribution < 1.29 is 13.2 Å². The van der Waals surface area contributed by atoms with Crippen LogP contribution in [0.2, 0.25) is 0 Å². The van der Waals surface area contributed by atoms with Gasteiger partial charge in [0.1, 0.15) is 11.9 Å². The lowest BCUT2D eigenvalue weighted by molar-refractivity contribution is 0.114. The summed E-state index contributed by atoms with van der Waals surface area (Å²) in [5.41, 5.74) is 2.37. The third kappa shape index (κ3) is 7.09. The molecule has 2 aromatic rings. The first-order chi connectivity index (χ1) is 14.7. The average molecular weight is 463 g/mol. The number of thiocarbonyl (C=S) groups is 1. The SMILES string of the molecule is CN1CCC(Oc2ccc(CNC(=S)Nc3cccc(N(C)S(C)(=O)=O)c3)cc2)CC1. The monoisotopic (exact) mass is 462 g/mol. The van der Waals surface area contributed by atoms with Crippen LogP contribution in [0.4, 0.5) is 11.4 Å². The molecular weight excluding hydrogens is 432 g/mol. The van der Waals surface area contributed by atoms with Gasteiger partial charge in [0.2, 0.25) is 10.0 Å². The van der Waals surface area contributed by atoms with E-state index in [1.165, 1.54) is 17.6 Å². The molecule has 1 saturated heterocycles. The summed E-state index contributed by atoms with van der Waals surface area (Å²) in [6.07, 6.45) is 3.57. The maximum Gasteiger partial charge on any atom is 0.231 e. The van der Waals surface area contributed by atoms with Gasteiger partial charge in [0.05, 0.1) is 11.9 Å². The van der Waals surface area contributed by atoms with Crippen LogP contribution >= 0.6 is 12.2 Å². The predicted octanol–water partition coefficient (Wildman–Crippen LogP) is 3.04. The lowest BCUT2D eigenvalue weighted by atomic mass is 10.1. The minimum Gasteiger partial charge on any atom is -0.490 e. The quantitative estimate of drug-likeness (QED) is 0.613. The van der Waals surface area contributed by atoms with Gasteiger partial charge in [-0.3, -0.25) is 4.31 Å². The number of rotatable bonds is 7. The number of ether oxygens (including phenoxy) is 1. The van der Waals surface area contributed by atoms with E-state index in [0.717, 1.165) is 37.2 Å². The van der Waals surface area contributed by atoms with Crippen LogP contribution in [0.15, 0.2) is 48.5 Å². The van der Waals surface area contributed by atoms with Crippen LogP contribution in [0, 0.1) is 0 Å². The standard InChI is InChI=1S/C22H30N4O3S2/c1-25-13-11-21(12-14-25)29-20-9-7-17(8-10-20)16-23-22(30)24-18-5-4-6-19(15-18)26(2)31(3,27)28/h4-10,15,21H,11-14,16H2,1-3H3,(H2,23,24,30). The first-order valence-electron chi connectivity index (χ1n) is 10.2. The highest BCUT2D eigenvalue weighted by molar-refractivity contribution is 7.92. The number of nitrogens with one attached hydrogen (secondary N) is 2. The van der Waals surface area contributed by atoms with Gasteiger partial charge >= 0.3 is 0 Å². The molecule has 1 fully saturated rings. The molecule has 0 saturated carbocycles. The molecule has 1 aliphatic heterocycles. The van der Waals surface area contributed by atoms with Crippen LogP contribution in [0.3, 0.4) is 0 Å². The Morgan fingerprint density at radius 1 is 1.19 bits per heavy atom. The molecular formula is C22H30N4O3S2. The molecule has 168 valence electrons. The fourth-order valence-corrected chi connectivity index (χ4v) is 4.00. The van der Waals surface area contributed by atoms with E-state index in [2.05, 4.69) is 22.6 Å². The maximum absolute atomic E-state index is 11.7. The van der Waals surface area contributed by atoms with Gasteiger partial charge in [-0.05, 0) is 68.0 Å². The number of sulfonamides is 1. The van der Waals surface area contributed by atoms with E-state index in [1.54, 1.807) is 18.2 Å². The van der Waals surface area contributed by atoms with Crippen LogP contribution < -0.4 is 19.7 Å². The van der Waals surface area contributed by atoms with Gasteiger partial charge < -0.3 is 20.3 Å². The smallest absolute Gasteiger partial charge is 0.231 e. The molecule has 0 aliphatic carbocycles. The summed E-state index contributed by atoms with van der Waals surface area (Å²) >= 11 is 5.38. The summed E-state index contributed by atoms with van der Waals surface area (Å²) in [6.45, 7) is 2.72. The van der Waals surface area contributed by atoms with Crippen LogP contribution in [-0.4, -0.2) is 58.0 Å². The molecule has 0 aromatic heterocycles. The van der Waals surface area contributed by atoms with Crippen LogP contribution in [0.5, 0.6) is 5.75 Å². The molecule has 0 radical (unpaired) electrons. The summed E-state index contributed by atoms with van der Waals surface area (Å²) in [5, 5.41) is 6.74. The minimum absolute atomic E-state index is 0.287. The predicted molar refractivity (Wildman–Crippen MR) is 130 cm³/mol. The Morgan fingerprint density at radius 3 is 2.52 bits per heavy atom. The number of hydrogen-bond donors (Lipinski definition) is 2. The van der Waals surface area contributed by atoms with Gasteiger partial charge in [0.25, 0.3) is 0 Å². The number of benzene rings is 2. The van der Waals surface area contributed by atoms with Gasteiger partial charge in [0, 0.05) is 32.4 Å². The molecule has 0 atom stereocenters. The zero-order valence-corrected chi connectivity index (χ0v) is 19.8. The Bertz CT molecular complexity index is 988. The van der Waals surface area contributed by atoms with Crippen molar-refractivity contribution in [2.75, 3.05) is 43.1 Å². The Hall–Kier alpha value is -2.36. The van der Waals surface area contributed by atoms with E-state index >= 15 is 0 Å². The molecule has 31 heavy (non-hydrogen) atoms. The van der Waals surface area contributed by atoms with Gasteiger partial charge in [0.15, 0.2) is 5.11 Å². The van der Waals surface area contributed by atoms with Crippen molar-refractivity contribution in [3.63, 3.8) is 0 Å². The molecule has 0 unspecified atom stereocenters. The molecule has 1 aliphatic rings. The van der Waals surface area contributed by atoms with E-state index in [-0.39, 0.29) is 6.10 Å². The topological polar surface area (TPSA) is 73.9 Å². The molecule has 0 spiro atoms. The largest absolute Gasteiger partial charge is 0.490 e. The van der Waals surface area contributed by atoms with Crippen molar-refractivity contribution in [1.29, 1.82) is 0 Å². The van der Waals surface area contributed by atoms with Crippen molar-refractivity contribution in [2.45, 2.75) is 25.5 Å². The number of piperidine rings is 1. The molecule has 9 heteroatoms. The van der Waals surface area contributed by atoms with Gasteiger partial charge in [-0.1, -0.05) is 18.2 Å². The minimum atomic E-state index is -3.32. The molecule has 0 bridgehead atoms. The normalized spacial score (nSPS) is 15.3. The Labute approximate surface area is 190 Å². The van der Waals surface area contributed by atoms with Crippen molar-refractivity contribution in [3.05, 3.63) is 54.1 Å². The van der Waals surface area contributed by atoms with E-state index in [1.807, 2.05) is 30.3 Å². The molecule has 7 nitrogen and oxygen atoms in total. The second kappa shape index (κ2) is 10.3. The van der Waals surface area contributed by atoms with Gasteiger partial charge in [-0.25, -0.2) is 8.42 Å². The van der Waals surface area contributed by atoms with Crippen molar-refractivity contribution in [2.24, 2.45) is 0 Å². The fraction of sp³-hybridized carbons (Fsp3) is 0.409. The lowest BCUT2D eigenvalue weighted by Gasteiger charge is -2.29. The summed E-state index contributed by atoms with van der Waals surface area (Å²) < 4.78 is 30.8. The molecule has 1 heterocycles.